The molecule has 1 aliphatic heterocycles. The van der Waals surface area contributed by atoms with Crippen molar-refractivity contribution in [1.82, 2.24) is 9.80 Å². The second kappa shape index (κ2) is 5.04. The number of hydrogen-bond acceptors (Lipinski definition) is 5. The van der Waals surface area contributed by atoms with Gasteiger partial charge in [-0.3, -0.25) is 14.6 Å². The molecule has 0 amide bonds. The standard InChI is InChI=1S/C14H27N3O2/c1-13(2)10-17(8-7-16(13)3)11-5-6-14(15,9-11)12(18)19-4/h11H,5-10,15H2,1-4H3. The summed E-state index contributed by atoms with van der Waals surface area (Å²) in [5, 5.41) is 0. The van der Waals surface area contributed by atoms with Crippen molar-refractivity contribution in [3.63, 3.8) is 0 Å². The molecule has 2 unspecified atom stereocenters. The maximum absolute atomic E-state index is 11.8. The van der Waals surface area contributed by atoms with Crippen LogP contribution in [0.5, 0.6) is 0 Å². The molecule has 19 heavy (non-hydrogen) atoms. The average Bonchev–Trinajstić information content (AvgIpc) is 2.75. The lowest BCUT2D eigenvalue weighted by atomic mass is 9.96. The van der Waals surface area contributed by atoms with Gasteiger partial charge in [0.1, 0.15) is 5.54 Å². The first-order valence-electron chi connectivity index (χ1n) is 7.11. The number of likely N-dealkylation sites (N-methyl/N-ethyl adjacent to an activating group) is 1. The van der Waals surface area contributed by atoms with Crippen molar-refractivity contribution in [2.75, 3.05) is 33.8 Å². The molecule has 0 bridgehead atoms. The molecule has 1 heterocycles. The van der Waals surface area contributed by atoms with Crippen LogP contribution < -0.4 is 5.73 Å². The predicted molar refractivity (Wildman–Crippen MR) is 74.9 cm³/mol. The van der Waals surface area contributed by atoms with Gasteiger partial charge in [-0.2, -0.15) is 0 Å². The van der Waals surface area contributed by atoms with Gasteiger partial charge in [0.25, 0.3) is 0 Å². The average molecular weight is 269 g/mol. The van der Waals surface area contributed by atoms with Gasteiger partial charge in [0.15, 0.2) is 0 Å². The van der Waals surface area contributed by atoms with Crippen molar-refractivity contribution in [3.8, 4) is 0 Å². The highest BCUT2D eigenvalue weighted by molar-refractivity contribution is 5.81. The normalized spacial score (nSPS) is 36.4. The molecule has 0 aromatic carbocycles. The number of carbonyl (C=O) groups is 1. The van der Waals surface area contributed by atoms with Gasteiger partial charge < -0.3 is 10.5 Å². The number of rotatable bonds is 2. The molecule has 0 spiro atoms. The lowest BCUT2D eigenvalue weighted by molar-refractivity contribution is -0.147. The SMILES string of the molecule is COC(=O)C1(N)CCC(N2CCN(C)C(C)(C)C2)C1. The van der Waals surface area contributed by atoms with E-state index in [1.807, 2.05) is 0 Å². The lowest BCUT2D eigenvalue weighted by Gasteiger charge is -2.47. The summed E-state index contributed by atoms with van der Waals surface area (Å²) in [6.45, 7) is 7.70. The van der Waals surface area contributed by atoms with Crippen LogP contribution in [0.25, 0.3) is 0 Å². The number of nitrogens with zero attached hydrogens (tertiary/aromatic N) is 2. The third-order valence-electron chi connectivity index (χ3n) is 4.98. The zero-order valence-corrected chi connectivity index (χ0v) is 12.6. The molecule has 2 aliphatic rings. The summed E-state index contributed by atoms with van der Waals surface area (Å²) in [5.74, 6) is -0.261. The highest BCUT2D eigenvalue weighted by Crippen LogP contribution is 2.34. The van der Waals surface area contributed by atoms with Crippen LogP contribution in [0.3, 0.4) is 0 Å². The van der Waals surface area contributed by atoms with Crippen molar-refractivity contribution in [2.24, 2.45) is 5.73 Å². The van der Waals surface area contributed by atoms with Crippen LogP contribution in [0.4, 0.5) is 0 Å². The van der Waals surface area contributed by atoms with E-state index < -0.39 is 5.54 Å². The van der Waals surface area contributed by atoms with E-state index in [2.05, 4.69) is 30.7 Å². The van der Waals surface area contributed by atoms with Gasteiger partial charge in [0.05, 0.1) is 7.11 Å². The number of ether oxygens (including phenoxy) is 1. The Morgan fingerprint density at radius 1 is 1.37 bits per heavy atom. The second-order valence-electron chi connectivity index (χ2n) is 6.75. The van der Waals surface area contributed by atoms with Crippen LogP contribution in [0.2, 0.25) is 0 Å². The molecule has 5 nitrogen and oxygen atoms in total. The van der Waals surface area contributed by atoms with Crippen molar-refractivity contribution >= 4 is 5.97 Å². The summed E-state index contributed by atoms with van der Waals surface area (Å²) < 4.78 is 4.84. The Balaban J connectivity index is 2.00. The molecule has 2 N–H and O–H groups in total. The molecule has 2 fully saturated rings. The highest BCUT2D eigenvalue weighted by atomic mass is 16.5. The Bertz CT molecular complexity index is 359. The fraction of sp³-hybridized carbons (Fsp3) is 0.929. The number of esters is 1. The van der Waals surface area contributed by atoms with Gasteiger partial charge in [-0.05, 0) is 40.2 Å². The van der Waals surface area contributed by atoms with Gasteiger partial charge >= 0.3 is 5.97 Å². The summed E-state index contributed by atoms with van der Waals surface area (Å²) in [4.78, 5) is 16.7. The zero-order chi connectivity index (χ0) is 14.3. The number of nitrogens with two attached hydrogens (primary N) is 1. The molecule has 0 radical (unpaired) electrons. The Labute approximate surface area is 116 Å². The summed E-state index contributed by atoms with van der Waals surface area (Å²) in [5.41, 5.74) is 5.61. The smallest absolute Gasteiger partial charge is 0.325 e. The Kier molecular flexibility index (Phi) is 3.91. The van der Waals surface area contributed by atoms with E-state index in [9.17, 15) is 4.79 Å². The number of methoxy groups -OCH3 is 1. The maximum Gasteiger partial charge on any atom is 0.325 e. The van der Waals surface area contributed by atoms with Crippen LogP contribution in [-0.4, -0.2) is 66.7 Å². The van der Waals surface area contributed by atoms with E-state index >= 15 is 0 Å². The molecule has 0 aromatic rings. The topological polar surface area (TPSA) is 58.8 Å². The second-order valence-corrected chi connectivity index (χ2v) is 6.75. The molecular weight excluding hydrogens is 242 g/mol. The van der Waals surface area contributed by atoms with Crippen LogP contribution >= 0.6 is 0 Å². The van der Waals surface area contributed by atoms with Crippen molar-refractivity contribution in [2.45, 2.75) is 50.2 Å². The third kappa shape index (κ3) is 2.78. The van der Waals surface area contributed by atoms with Crippen LogP contribution in [0, 0.1) is 0 Å². The first-order chi connectivity index (χ1) is 8.78. The monoisotopic (exact) mass is 269 g/mol. The molecule has 5 heteroatoms. The largest absolute Gasteiger partial charge is 0.468 e. The fourth-order valence-corrected chi connectivity index (χ4v) is 3.34. The Hall–Kier alpha value is -0.650. The van der Waals surface area contributed by atoms with Gasteiger partial charge in [-0.25, -0.2) is 0 Å². The van der Waals surface area contributed by atoms with E-state index in [1.165, 1.54) is 7.11 Å². The minimum Gasteiger partial charge on any atom is -0.468 e. The third-order valence-corrected chi connectivity index (χ3v) is 4.98. The van der Waals surface area contributed by atoms with Crippen LogP contribution in [-0.2, 0) is 9.53 Å². The van der Waals surface area contributed by atoms with Gasteiger partial charge in [0.2, 0.25) is 0 Å². The van der Waals surface area contributed by atoms with E-state index in [-0.39, 0.29) is 11.5 Å². The van der Waals surface area contributed by atoms with Crippen molar-refractivity contribution < 1.29 is 9.53 Å². The lowest BCUT2D eigenvalue weighted by Crippen LogP contribution is -2.60. The molecule has 1 aliphatic carbocycles. The summed E-state index contributed by atoms with van der Waals surface area (Å²) >= 11 is 0. The van der Waals surface area contributed by atoms with Crippen molar-refractivity contribution in [1.29, 1.82) is 0 Å². The van der Waals surface area contributed by atoms with E-state index in [0.29, 0.717) is 6.04 Å². The molecule has 2 atom stereocenters. The summed E-state index contributed by atoms with van der Waals surface area (Å²) in [6, 6.07) is 0.414. The number of piperazine rings is 1. The summed E-state index contributed by atoms with van der Waals surface area (Å²) in [7, 11) is 3.59. The molecule has 0 aromatic heterocycles. The summed E-state index contributed by atoms with van der Waals surface area (Å²) in [6.07, 6.45) is 2.45. The zero-order valence-electron chi connectivity index (χ0n) is 12.6. The quantitative estimate of drug-likeness (QED) is 0.737. The predicted octanol–water partition coefficient (Wildman–Crippen LogP) is 0.435. The number of carbonyl (C=O) groups excluding carboxylic acids is 1. The highest BCUT2D eigenvalue weighted by Gasteiger charge is 2.46. The van der Waals surface area contributed by atoms with Crippen LogP contribution in [0.1, 0.15) is 33.1 Å². The first-order valence-corrected chi connectivity index (χ1v) is 7.11. The van der Waals surface area contributed by atoms with E-state index in [0.717, 1.165) is 38.9 Å². The Morgan fingerprint density at radius 2 is 2.05 bits per heavy atom. The van der Waals surface area contributed by atoms with Gasteiger partial charge in [-0.1, -0.05) is 0 Å². The van der Waals surface area contributed by atoms with Gasteiger partial charge in [0, 0.05) is 31.2 Å². The Morgan fingerprint density at radius 3 is 2.63 bits per heavy atom. The first kappa shape index (κ1) is 14.8. The number of hydrogen-bond donors (Lipinski definition) is 1. The van der Waals surface area contributed by atoms with Crippen molar-refractivity contribution in [3.05, 3.63) is 0 Å². The maximum atomic E-state index is 11.8. The van der Waals surface area contributed by atoms with Gasteiger partial charge in [-0.15, -0.1) is 0 Å². The van der Waals surface area contributed by atoms with E-state index in [1.54, 1.807) is 0 Å². The molecular formula is C14H27N3O2. The van der Waals surface area contributed by atoms with E-state index in [4.69, 9.17) is 10.5 Å². The molecule has 110 valence electrons. The molecule has 1 saturated carbocycles. The van der Waals surface area contributed by atoms with Crippen LogP contribution in [0.15, 0.2) is 0 Å². The molecule has 1 saturated heterocycles. The minimum absolute atomic E-state index is 0.184. The fourth-order valence-electron chi connectivity index (χ4n) is 3.34. The molecule has 2 rings (SSSR count). The minimum atomic E-state index is -0.771.